The topological polar surface area (TPSA) is 110 Å². The number of carbonyl (C=O) groups excluding carboxylic acids is 1. The third-order valence-corrected chi connectivity index (χ3v) is 9.47. The molecule has 3 aromatic heterocycles. The summed E-state index contributed by atoms with van der Waals surface area (Å²) in [5.74, 6) is 0.885. The largest absolute Gasteiger partial charge is 0.388 e. The SMILES string of the molecule is Cc1cc(CN2CC[C@@H](C(=O)N3CCC(O)(Cn4cnc5c(ccn5-c5ccccc5)c4=O)CC3)[C@H](c3ccccc3)C2)on1. The molecule has 1 amide bonds. The van der Waals surface area contributed by atoms with E-state index in [4.69, 9.17) is 4.52 Å². The van der Waals surface area contributed by atoms with Crippen molar-refractivity contribution in [3.8, 4) is 5.69 Å². The summed E-state index contributed by atoms with van der Waals surface area (Å²) in [5, 5.41) is 16.1. The Hall–Kier alpha value is -4.54. The number of rotatable bonds is 7. The van der Waals surface area contributed by atoms with Gasteiger partial charge in [-0.2, -0.15) is 0 Å². The molecule has 2 aliphatic rings. The fourth-order valence-electron chi connectivity index (χ4n) is 7.02. The van der Waals surface area contributed by atoms with Gasteiger partial charge in [-0.1, -0.05) is 53.7 Å². The van der Waals surface area contributed by atoms with Gasteiger partial charge in [0.15, 0.2) is 11.4 Å². The molecule has 0 bridgehead atoms. The molecule has 1 N–H and O–H groups in total. The number of aryl methyl sites for hydroxylation is 1. The van der Waals surface area contributed by atoms with Crippen molar-refractivity contribution < 1.29 is 14.4 Å². The molecule has 5 heterocycles. The third-order valence-electron chi connectivity index (χ3n) is 9.47. The van der Waals surface area contributed by atoms with E-state index < -0.39 is 5.60 Å². The average molecular weight is 607 g/mol. The van der Waals surface area contributed by atoms with Gasteiger partial charge in [-0.25, -0.2) is 4.98 Å². The number of hydrogen-bond acceptors (Lipinski definition) is 7. The van der Waals surface area contributed by atoms with Crippen LogP contribution in [0.2, 0.25) is 0 Å². The standard InChI is InChI=1S/C35H38N6O4/c1-25-20-28(45-37-25)21-38-16-12-29(31(22-38)26-8-4-2-5-9-26)33(42)39-18-14-35(44,15-19-39)23-40-24-36-32-30(34(40)43)13-17-41(32)27-10-6-3-7-11-27/h2-11,13,17,20,24,29,31,44H,12,14-16,18-19,21-23H2,1H3/t29-,31+/m1/s1. The van der Waals surface area contributed by atoms with E-state index in [1.165, 1.54) is 10.9 Å². The van der Waals surface area contributed by atoms with Crippen molar-refractivity contribution >= 4 is 16.9 Å². The van der Waals surface area contributed by atoms with Crippen LogP contribution in [0.1, 0.15) is 42.2 Å². The third kappa shape index (κ3) is 5.95. The van der Waals surface area contributed by atoms with Crippen molar-refractivity contribution in [1.29, 1.82) is 0 Å². The van der Waals surface area contributed by atoms with Crippen LogP contribution in [0.3, 0.4) is 0 Å². The van der Waals surface area contributed by atoms with Crippen LogP contribution in [0.4, 0.5) is 0 Å². The molecule has 7 rings (SSSR count). The van der Waals surface area contributed by atoms with E-state index in [2.05, 4.69) is 27.2 Å². The van der Waals surface area contributed by atoms with E-state index in [-0.39, 0.29) is 29.8 Å². The van der Waals surface area contributed by atoms with Gasteiger partial charge in [-0.3, -0.25) is 19.1 Å². The number of piperidine rings is 2. The minimum absolute atomic E-state index is 0.0526. The first kappa shape index (κ1) is 29.2. The summed E-state index contributed by atoms with van der Waals surface area (Å²) in [4.78, 5) is 36.3. The molecule has 10 heteroatoms. The molecule has 0 saturated carbocycles. The molecule has 0 spiro atoms. The highest BCUT2D eigenvalue weighted by Crippen LogP contribution is 2.36. The molecule has 45 heavy (non-hydrogen) atoms. The highest BCUT2D eigenvalue weighted by molar-refractivity contribution is 5.80. The lowest BCUT2D eigenvalue weighted by Crippen LogP contribution is -2.53. The van der Waals surface area contributed by atoms with Crippen LogP contribution in [0.15, 0.2) is 94.6 Å². The van der Waals surface area contributed by atoms with E-state index in [9.17, 15) is 14.7 Å². The molecule has 2 atom stereocenters. The van der Waals surface area contributed by atoms with Crippen molar-refractivity contribution in [2.45, 2.75) is 50.8 Å². The number of benzene rings is 2. The minimum atomic E-state index is -1.10. The zero-order chi connectivity index (χ0) is 31.0. The minimum Gasteiger partial charge on any atom is -0.388 e. The van der Waals surface area contributed by atoms with E-state index in [0.29, 0.717) is 43.5 Å². The smallest absolute Gasteiger partial charge is 0.262 e. The molecule has 2 aliphatic heterocycles. The molecule has 232 valence electrons. The van der Waals surface area contributed by atoms with Crippen LogP contribution in [-0.2, 0) is 17.9 Å². The van der Waals surface area contributed by atoms with Crippen LogP contribution in [-0.4, -0.2) is 71.9 Å². The number of likely N-dealkylation sites (tertiary alicyclic amines) is 2. The fourth-order valence-corrected chi connectivity index (χ4v) is 7.02. The van der Waals surface area contributed by atoms with Gasteiger partial charge >= 0.3 is 0 Å². The maximum Gasteiger partial charge on any atom is 0.262 e. The van der Waals surface area contributed by atoms with E-state index in [1.807, 2.05) is 77.2 Å². The summed E-state index contributed by atoms with van der Waals surface area (Å²) >= 11 is 0. The lowest BCUT2D eigenvalue weighted by molar-refractivity contribution is -0.142. The van der Waals surface area contributed by atoms with Gasteiger partial charge in [0.2, 0.25) is 5.91 Å². The van der Waals surface area contributed by atoms with Gasteiger partial charge in [0.05, 0.1) is 29.8 Å². The van der Waals surface area contributed by atoms with E-state index >= 15 is 0 Å². The maximum absolute atomic E-state index is 14.0. The van der Waals surface area contributed by atoms with Crippen molar-refractivity contribution in [3.05, 3.63) is 113 Å². The first-order valence-electron chi connectivity index (χ1n) is 15.7. The van der Waals surface area contributed by atoms with Crippen LogP contribution >= 0.6 is 0 Å². The van der Waals surface area contributed by atoms with E-state index in [1.54, 1.807) is 6.07 Å². The van der Waals surface area contributed by atoms with Crippen LogP contribution in [0.5, 0.6) is 0 Å². The molecule has 0 unspecified atom stereocenters. The van der Waals surface area contributed by atoms with Crippen LogP contribution in [0.25, 0.3) is 16.7 Å². The van der Waals surface area contributed by atoms with Crippen LogP contribution in [0, 0.1) is 12.8 Å². The Labute approximate surface area is 261 Å². The Kier molecular flexibility index (Phi) is 7.85. The molecule has 0 aliphatic carbocycles. The zero-order valence-electron chi connectivity index (χ0n) is 25.5. The first-order valence-corrected chi connectivity index (χ1v) is 15.7. The monoisotopic (exact) mass is 606 g/mol. The normalized spacial score (nSPS) is 20.4. The Bertz CT molecular complexity index is 1840. The maximum atomic E-state index is 14.0. The molecule has 2 aromatic carbocycles. The van der Waals surface area contributed by atoms with Gasteiger partial charge in [0, 0.05) is 49.4 Å². The molecule has 2 fully saturated rings. The Morgan fingerprint density at radius 3 is 2.47 bits per heavy atom. The van der Waals surface area contributed by atoms with Crippen molar-refractivity contribution in [2.24, 2.45) is 5.92 Å². The number of fused-ring (bicyclic) bond motifs is 1. The number of carbonyl (C=O) groups is 1. The second kappa shape index (κ2) is 12.1. The lowest BCUT2D eigenvalue weighted by Gasteiger charge is -2.43. The Morgan fingerprint density at radius 1 is 1.02 bits per heavy atom. The quantitative estimate of drug-likeness (QED) is 0.297. The number of para-hydroxylation sites is 1. The van der Waals surface area contributed by atoms with Gasteiger partial charge in [-0.15, -0.1) is 0 Å². The summed E-state index contributed by atoms with van der Waals surface area (Å²) < 4.78 is 8.87. The van der Waals surface area contributed by atoms with Crippen molar-refractivity contribution in [3.63, 3.8) is 0 Å². The highest BCUT2D eigenvalue weighted by Gasteiger charge is 2.41. The number of amides is 1. The molecular weight excluding hydrogens is 568 g/mol. The van der Waals surface area contributed by atoms with Gasteiger partial charge in [0.25, 0.3) is 5.56 Å². The molecule has 0 radical (unpaired) electrons. The van der Waals surface area contributed by atoms with Gasteiger partial charge in [-0.05, 0) is 56.5 Å². The predicted octanol–water partition coefficient (Wildman–Crippen LogP) is 4.14. The zero-order valence-corrected chi connectivity index (χ0v) is 25.5. The Morgan fingerprint density at radius 2 is 1.76 bits per heavy atom. The van der Waals surface area contributed by atoms with Crippen molar-refractivity contribution in [1.82, 2.24) is 29.1 Å². The highest BCUT2D eigenvalue weighted by atomic mass is 16.5. The van der Waals surface area contributed by atoms with E-state index in [0.717, 1.165) is 42.2 Å². The lowest BCUT2D eigenvalue weighted by atomic mass is 9.79. The fraction of sp³-hybridized carbons (Fsp3) is 0.371. The van der Waals surface area contributed by atoms with Gasteiger partial charge in [0.1, 0.15) is 6.33 Å². The summed E-state index contributed by atoms with van der Waals surface area (Å²) in [6.45, 7) is 5.16. The number of nitrogens with zero attached hydrogens (tertiary/aromatic N) is 6. The summed E-state index contributed by atoms with van der Waals surface area (Å²) in [6, 6.07) is 23.8. The number of aliphatic hydroxyl groups is 1. The number of aromatic nitrogens is 4. The second-order valence-corrected chi connectivity index (χ2v) is 12.6. The van der Waals surface area contributed by atoms with Gasteiger partial charge < -0.3 is 19.1 Å². The summed E-state index contributed by atoms with van der Waals surface area (Å²) in [7, 11) is 0. The first-order chi connectivity index (χ1) is 21.9. The summed E-state index contributed by atoms with van der Waals surface area (Å²) in [6.07, 6.45) is 4.91. The number of hydrogen-bond donors (Lipinski definition) is 1. The second-order valence-electron chi connectivity index (χ2n) is 12.6. The molecule has 2 saturated heterocycles. The molecular formula is C35H38N6O4. The van der Waals surface area contributed by atoms with Crippen LogP contribution < -0.4 is 5.56 Å². The molecule has 5 aromatic rings. The van der Waals surface area contributed by atoms with Crippen molar-refractivity contribution in [2.75, 3.05) is 26.2 Å². The Balaban J connectivity index is 1.03. The molecule has 10 nitrogen and oxygen atoms in total. The average Bonchev–Trinajstić information content (AvgIpc) is 3.69. The summed E-state index contributed by atoms with van der Waals surface area (Å²) in [5.41, 5.74) is 2.26. The predicted molar refractivity (Wildman–Crippen MR) is 170 cm³/mol.